The van der Waals surface area contributed by atoms with Gasteiger partial charge in [-0.2, -0.15) is 0 Å². The van der Waals surface area contributed by atoms with Crippen LogP contribution in [0.3, 0.4) is 0 Å². The van der Waals surface area contributed by atoms with Gasteiger partial charge in [0.2, 0.25) is 0 Å². The first-order valence-corrected chi connectivity index (χ1v) is 8.48. The molecule has 1 aromatic rings. The number of nitrogens with zero attached hydrogens (tertiary/aromatic N) is 2. The highest BCUT2D eigenvalue weighted by Gasteiger charge is 2.20. The summed E-state index contributed by atoms with van der Waals surface area (Å²) in [6, 6.07) is 2.48. The Labute approximate surface area is 138 Å². The van der Waals surface area contributed by atoms with Crippen LogP contribution in [0.25, 0.3) is 0 Å². The van der Waals surface area contributed by atoms with Gasteiger partial charge < -0.3 is 5.32 Å². The molecule has 118 valence electrons. The molecule has 1 aliphatic rings. The second kappa shape index (κ2) is 7.77. The van der Waals surface area contributed by atoms with E-state index in [2.05, 4.69) is 29.0 Å². The molecule has 0 bridgehead atoms. The van der Waals surface area contributed by atoms with Crippen molar-refractivity contribution in [2.75, 3.05) is 19.6 Å². The van der Waals surface area contributed by atoms with Gasteiger partial charge in [0.05, 0.1) is 0 Å². The standard InChI is InChI=1S/C16H25Cl2N3/c1-11(2)8-21(9-13-5-4-6-19-13)10-14-15(17)7-12(3)20-16(14)18/h7,11,13,19H,4-6,8-10H2,1-3H3. The van der Waals surface area contributed by atoms with E-state index in [1.165, 1.54) is 12.8 Å². The fraction of sp³-hybridized carbons (Fsp3) is 0.688. The van der Waals surface area contributed by atoms with Crippen LogP contribution in [0.2, 0.25) is 10.2 Å². The zero-order valence-corrected chi connectivity index (χ0v) is 14.6. The number of aryl methyl sites for hydroxylation is 1. The van der Waals surface area contributed by atoms with E-state index in [-0.39, 0.29) is 0 Å². The highest BCUT2D eigenvalue weighted by molar-refractivity contribution is 6.35. The van der Waals surface area contributed by atoms with Crippen LogP contribution in [0.5, 0.6) is 0 Å². The molecular weight excluding hydrogens is 305 g/mol. The number of rotatable bonds is 6. The topological polar surface area (TPSA) is 28.2 Å². The largest absolute Gasteiger partial charge is 0.313 e. The maximum atomic E-state index is 6.37. The van der Waals surface area contributed by atoms with Crippen LogP contribution in [0.1, 0.15) is 37.9 Å². The van der Waals surface area contributed by atoms with Crippen LogP contribution in [-0.2, 0) is 6.54 Å². The summed E-state index contributed by atoms with van der Waals surface area (Å²) in [5.41, 5.74) is 1.81. The highest BCUT2D eigenvalue weighted by atomic mass is 35.5. The summed E-state index contributed by atoms with van der Waals surface area (Å²) in [6.45, 7) is 10.4. The van der Waals surface area contributed by atoms with Crippen molar-refractivity contribution in [1.29, 1.82) is 0 Å². The first-order chi connectivity index (χ1) is 9.95. The molecule has 5 heteroatoms. The maximum absolute atomic E-state index is 6.37. The van der Waals surface area contributed by atoms with Crippen molar-refractivity contribution in [3.63, 3.8) is 0 Å². The van der Waals surface area contributed by atoms with E-state index in [0.29, 0.717) is 17.1 Å². The van der Waals surface area contributed by atoms with Gasteiger partial charge in [-0.1, -0.05) is 37.0 Å². The number of hydrogen-bond acceptors (Lipinski definition) is 3. The summed E-state index contributed by atoms with van der Waals surface area (Å²) < 4.78 is 0. The molecule has 0 spiro atoms. The molecule has 0 amide bonds. The highest BCUT2D eigenvalue weighted by Crippen LogP contribution is 2.26. The summed E-state index contributed by atoms with van der Waals surface area (Å²) in [5.74, 6) is 0.613. The summed E-state index contributed by atoms with van der Waals surface area (Å²) in [7, 11) is 0. The molecular formula is C16H25Cl2N3. The molecule has 2 rings (SSSR count). The number of pyridine rings is 1. The molecule has 1 unspecified atom stereocenters. The average molecular weight is 330 g/mol. The molecule has 3 nitrogen and oxygen atoms in total. The summed E-state index contributed by atoms with van der Waals surface area (Å²) in [4.78, 5) is 6.78. The normalized spacial score (nSPS) is 18.9. The predicted octanol–water partition coefficient (Wildman–Crippen LogP) is 3.91. The molecule has 0 aromatic carbocycles. The van der Waals surface area contributed by atoms with E-state index >= 15 is 0 Å². The average Bonchev–Trinajstić information content (AvgIpc) is 2.85. The molecule has 2 heterocycles. The smallest absolute Gasteiger partial charge is 0.135 e. The van der Waals surface area contributed by atoms with Crippen molar-refractivity contribution in [1.82, 2.24) is 15.2 Å². The molecule has 1 aromatic heterocycles. The lowest BCUT2D eigenvalue weighted by Gasteiger charge is -2.28. The Hall–Kier alpha value is -0.350. The Bertz CT molecular complexity index is 448. The van der Waals surface area contributed by atoms with Crippen molar-refractivity contribution < 1.29 is 0 Å². The molecule has 1 aliphatic heterocycles. The van der Waals surface area contributed by atoms with E-state index in [1.807, 2.05) is 13.0 Å². The van der Waals surface area contributed by atoms with Gasteiger partial charge in [0.15, 0.2) is 0 Å². The van der Waals surface area contributed by atoms with E-state index in [4.69, 9.17) is 23.2 Å². The Morgan fingerprint density at radius 1 is 1.43 bits per heavy atom. The molecule has 1 fully saturated rings. The fourth-order valence-electron chi connectivity index (χ4n) is 2.93. The zero-order valence-electron chi connectivity index (χ0n) is 13.1. The number of nitrogens with one attached hydrogen (secondary N) is 1. The Morgan fingerprint density at radius 2 is 2.19 bits per heavy atom. The quantitative estimate of drug-likeness (QED) is 0.802. The van der Waals surface area contributed by atoms with E-state index < -0.39 is 0 Å². The molecule has 21 heavy (non-hydrogen) atoms. The summed E-state index contributed by atoms with van der Waals surface area (Å²) in [6.07, 6.45) is 2.52. The predicted molar refractivity (Wildman–Crippen MR) is 90.1 cm³/mol. The zero-order chi connectivity index (χ0) is 15.4. The lowest BCUT2D eigenvalue weighted by atomic mass is 10.1. The van der Waals surface area contributed by atoms with Crippen molar-refractivity contribution >= 4 is 23.2 Å². The van der Waals surface area contributed by atoms with Gasteiger partial charge >= 0.3 is 0 Å². The molecule has 0 aliphatic carbocycles. The fourth-order valence-corrected chi connectivity index (χ4v) is 3.58. The Morgan fingerprint density at radius 3 is 2.76 bits per heavy atom. The SMILES string of the molecule is Cc1cc(Cl)c(CN(CC(C)C)CC2CCCN2)c(Cl)n1. The summed E-state index contributed by atoms with van der Waals surface area (Å²) >= 11 is 12.7. The van der Waals surface area contributed by atoms with Crippen molar-refractivity contribution in [3.05, 3.63) is 27.5 Å². The molecule has 1 atom stereocenters. The van der Waals surface area contributed by atoms with Crippen molar-refractivity contribution in [3.8, 4) is 0 Å². The van der Waals surface area contributed by atoms with Gasteiger partial charge in [-0.3, -0.25) is 4.90 Å². The third-order valence-electron chi connectivity index (χ3n) is 3.79. The minimum absolute atomic E-state index is 0.535. The van der Waals surface area contributed by atoms with Crippen LogP contribution in [0.4, 0.5) is 0 Å². The van der Waals surface area contributed by atoms with Gasteiger partial charge in [0.1, 0.15) is 5.15 Å². The maximum Gasteiger partial charge on any atom is 0.135 e. The van der Waals surface area contributed by atoms with Gasteiger partial charge in [-0.25, -0.2) is 4.98 Å². The lowest BCUT2D eigenvalue weighted by molar-refractivity contribution is 0.216. The van der Waals surface area contributed by atoms with E-state index in [0.717, 1.165) is 42.5 Å². The minimum atomic E-state index is 0.535. The second-order valence-corrected chi connectivity index (χ2v) is 7.16. The second-order valence-electron chi connectivity index (χ2n) is 6.40. The number of halogens is 2. The first-order valence-electron chi connectivity index (χ1n) is 7.73. The minimum Gasteiger partial charge on any atom is -0.313 e. The third-order valence-corrected chi connectivity index (χ3v) is 4.44. The van der Waals surface area contributed by atoms with Gasteiger partial charge in [0, 0.05) is 42.0 Å². The molecule has 1 saturated heterocycles. The van der Waals surface area contributed by atoms with Crippen molar-refractivity contribution in [2.45, 2.75) is 46.2 Å². The molecule has 1 N–H and O–H groups in total. The van der Waals surface area contributed by atoms with Gasteiger partial charge in [0.25, 0.3) is 0 Å². The molecule has 0 radical (unpaired) electrons. The first kappa shape index (κ1) is 17.0. The third kappa shape index (κ3) is 5.10. The lowest BCUT2D eigenvalue weighted by Crippen LogP contribution is -2.39. The Balaban J connectivity index is 2.10. The number of hydrogen-bond donors (Lipinski definition) is 1. The summed E-state index contributed by atoms with van der Waals surface area (Å²) in [5, 5.41) is 4.82. The van der Waals surface area contributed by atoms with Crippen LogP contribution in [0, 0.1) is 12.8 Å². The molecule has 0 saturated carbocycles. The van der Waals surface area contributed by atoms with Crippen LogP contribution >= 0.6 is 23.2 Å². The Kier molecular flexibility index (Phi) is 6.30. The van der Waals surface area contributed by atoms with Gasteiger partial charge in [-0.05, 0) is 38.3 Å². The van der Waals surface area contributed by atoms with E-state index in [9.17, 15) is 0 Å². The number of aromatic nitrogens is 1. The monoisotopic (exact) mass is 329 g/mol. The van der Waals surface area contributed by atoms with E-state index in [1.54, 1.807) is 0 Å². The van der Waals surface area contributed by atoms with Crippen LogP contribution in [0.15, 0.2) is 6.07 Å². The van der Waals surface area contributed by atoms with Gasteiger partial charge in [-0.15, -0.1) is 0 Å². The van der Waals surface area contributed by atoms with Crippen LogP contribution in [-0.4, -0.2) is 35.6 Å². The van der Waals surface area contributed by atoms with Crippen LogP contribution < -0.4 is 5.32 Å². The van der Waals surface area contributed by atoms with Crippen molar-refractivity contribution in [2.24, 2.45) is 5.92 Å².